The van der Waals surface area contributed by atoms with E-state index in [9.17, 15) is 14.4 Å². The van der Waals surface area contributed by atoms with Gasteiger partial charge < -0.3 is 14.2 Å². The van der Waals surface area contributed by atoms with Gasteiger partial charge in [-0.3, -0.25) is 14.4 Å². The summed E-state index contributed by atoms with van der Waals surface area (Å²) in [4.78, 5) is 33.3. The van der Waals surface area contributed by atoms with E-state index in [0.717, 1.165) is 14.2 Å². The first kappa shape index (κ1) is 12.6. The van der Waals surface area contributed by atoms with E-state index in [1.807, 2.05) is 0 Å². The third-order valence-electron chi connectivity index (χ3n) is 1.48. The van der Waals surface area contributed by atoms with Crippen molar-refractivity contribution < 1.29 is 28.6 Å². The summed E-state index contributed by atoms with van der Waals surface area (Å²) >= 11 is 0. The first-order chi connectivity index (χ1) is 6.58. The third kappa shape index (κ3) is 3.14. The van der Waals surface area contributed by atoms with Crippen molar-refractivity contribution in [3.8, 4) is 0 Å². The van der Waals surface area contributed by atoms with Gasteiger partial charge in [-0.2, -0.15) is 0 Å². The first-order valence-electron chi connectivity index (χ1n) is 3.75. The maximum Gasteiger partial charge on any atom is 0.327 e. The Hall–Kier alpha value is -1.43. The molecule has 0 heterocycles. The Bertz CT molecular complexity index is 218. The maximum atomic E-state index is 11.2. The molecule has 0 atom stereocenters. The topological polar surface area (TPSA) is 78.9 Å². The fourth-order valence-corrected chi connectivity index (χ4v) is 0.820. The zero-order valence-electron chi connectivity index (χ0n) is 8.23. The molecule has 0 aromatic carbocycles. The molecule has 0 aromatic rings. The van der Waals surface area contributed by atoms with Gasteiger partial charge >= 0.3 is 11.9 Å². The number of carbonyl (C=O) groups is 3. The van der Waals surface area contributed by atoms with E-state index >= 15 is 0 Å². The zero-order chi connectivity index (χ0) is 11.1. The molecular weight excluding hydrogens is 192 g/mol. The number of Topliss-reactive ketones (excluding diaryl/α,β-unsaturated/α-hetero) is 1. The van der Waals surface area contributed by atoms with Crippen LogP contribution < -0.4 is 0 Å². The molecule has 0 saturated heterocycles. The van der Waals surface area contributed by atoms with Gasteiger partial charge in [0.25, 0.3) is 0 Å². The summed E-state index contributed by atoms with van der Waals surface area (Å²) in [6.45, 7) is -0.338. The molecule has 0 aliphatic heterocycles. The molecule has 0 radical (unpaired) electrons. The highest BCUT2D eigenvalue weighted by Gasteiger charge is 2.35. The monoisotopic (exact) mass is 204 g/mol. The van der Waals surface area contributed by atoms with Crippen molar-refractivity contribution in [3.63, 3.8) is 0 Å². The fraction of sp³-hybridized carbons (Fsp3) is 0.625. The van der Waals surface area contributed by atoms with Crippen LogP contribution in [0, 0.1) is 5.92 Å². The summed E-state index contributed by atoms with van der Waals surface area (Å²) in [5, 5.41) is 0. The Balaban J connectivity index is 4.63. The van der Waals surface area contributed by atoms with Gasteiger partial charge in [0.2, 0.25) is 5.92 Å². The van der Waals surface area contributed by atoms with Crippen molar-refractivity contribution in [3.05, 3.63) is 0 Å². The molecule has 6 nitrogen and oxygen atoms in total. The van der Waals surface area contributed by atoms with Gasteiger partial charge in [0.15, 0.2) is 5.78 Å². The predicted molar refractivity (Wildman–Crippen MR) is 44.4 cm³/mol. The Kier molecular flexibility index (Phi) is 5.47. The highest BCUT2D eigenvalue weighted by atomic mass is 16.5. The van der Waals surface area contributed by atoms with Crippen LogP contribution in [0.2, 0.25) is 0 Å². The average molecular weight is 204 g/mol. The van der Waals surface area contributed by atoms with Gasteiger partial charge in [-0.05, 0) is 0 Å². The number of rotatable bonds is 5. The molecule has 0 aromatic heterocycles. The minimum Gasteiger partial charge on any atom is -0.468 e. The lowest BCUT2D eigenvalue weighted by molar-refractivity contribution is -0.162. The van der Waals surface area contributed by atoms with Gasteiger partial charge in [-0.25, -0.2) is 0 Å². The first-order valence-corrected chi connectivity index (χ1v) is 3.75. The van der Waals surface area contributed by atoms with E-state index in [-0.39, 0.29) is 6.61 Å². The number of esters is 2. The quantitative estimate of drug-likeness (QED) is 0.429. The summed E-state index contributed by atoms with van der Waals surface area (Å²) in [7, 11) is 3.44. The second-order valence-electron chi connectivity index (χ2n) is 2.38. The van der Waals surface area contributed by atoms with E-state index in [1.54, 1.807) is 0 Å². The molecule has 14 heavy (non-hydrogen) atoms. The van der Waals surface area contributed by atoms with Crippen molar-refractivity contribution in [2.24, 2.45) is 5.92 Å². The molecule has 0 amide bonds. The molecule has 0 fully saturated rings. The molecular formula is C8H12O6. The molecule has 0 bridgehead atoms. The Labute approximate surface area is 81.1 Å². The second kappa shape index (κ2) is 6.09. The van der Waals surface area contributed by atoms with E-state index < -0.39 is 23.6 Å². The highest BCUT2D eigenvalue weighted by molar-refractivity contribution is 6.15. The zero-order valence-corrected chi connectivity index (χ0v) is 8.23. The van der Waals surface area contributed by atoms with Crippen molar-refractivity contribution in [2.45, 2.75) is 0 Å². The van der Waals surface area contributed by atoms with Crippen molar-refractivity contribution in [2.75, 3.05) is 27.9 Å². The van der Waals surface area contributed by atoms with E-state index in [4.69, 9.17) is 0 Å². The molecule has 0 N–H and O–H groups in total. The van der Waals surface area contributed by atoms with Crippen LogP contribution in [0.25, 0.3) is 0 Å². The lowest BCUT2D eigenvalue weighted by Gasteiger charge is -2.10. The van der Waals surface area contributed by atoms with Gasteiger partial charge in [0.1, 0.15) is 6.61 Å². The minimum atomic E-state index is -1.55. The van der Waals surface area contributed by atoms with Gasteiger partial charge in [-0.1, -0.05) is 0 Å². The van der Waals surface area contributed by atoms with Crippen molar-refractivity contribution in [1.82, 2.24) is 0 Å². The van der Waals surface area contributed by atoms with Crippen LogP contribution in [0.5, 0.6) is 0 Å². The second-order valence-corrected chi connectivity index (χ2v) is 2.38. The minimum absolute atomic E-state index is 0.338. The maximum absolute atomic E-state index is 11.2. The van der Waals surface area contributed by atoms with Gasteiger partial charge in [-0.15, -0.1) is 0 Å². The Morgan fingerprint density at radius 3 is 1.71 bits per heavy atom. The van der Waals surface area contributed by atoms with Crippen LogP contribution in [0.3, 0.4) is 0 Å². The SMILES string of the molecule is COCC(=O)C(C(=O)OC)C(=O)OC. The van der Waals surface area contributed by atoms with E-state index in [1.165, 1.54) is 7.11 Å². The molecule has 6 heteroatoms. The number of hydrogen-bond donors (Lipinski definition) is 0. The molecule has 80 valence electrons. The summed E-state index contributed by atoms with van der Waals surface area (Å²) in [6, 6.07) is 0. The lowest BCUT2D eigenvalue weighted by atomic mass is 10.1. The summed E-state index contributed by atoms with van der Waals surface area (Å²) in [5.41, 5.74) is 0. The summed E-state index contributed by atoms with van der Waals surface area (Å²) < 4.78 is 13.1. The predicted octanol–water partition coefficient (Wildman–Crippen LogP) is -0.836. The van der Waals surface area contributed by atoms with Crippen LogP contribution >= 0.6 is 0 Å². The molecule has 0 saturated carbocycles. The fourth-order valence-electron chi connectivity index (χ4n) is 0.820. The molecule has 0 unspecified atom stereocenters. The average Bonchev–Trinajstić information content (AvgIpc) is 2.17. The summed E-state index contributed by atoms with van der Waals surface area (Å²) in [5.74, 6) is -4.13. The Morgan fingerprint density at radius 1 is 1.00 bits per heavy atom. The number of carbonyl (C=O) groups excluding carboxylic acids is 3. The van der Waals surface area contributed by atoms with Crippen molar-refractivity contribution >= 4 is 17.7 Å². The van der Waals surface area contributed by atoms with E-state index in [2.05, 4.69) is 14.2 Å². The van der Waals surface area contributed by atoms with Gasteiger partial charge in [0.05, 0.1) is 14.2 Å². The van der Waals surface area contributed by atoms with Crippen molar-refractivity contribution in [1.29, 1.82) is 0 Å². The lowest BCUT2D eigenvalue weighted by Crippen LogP contribution is -2.35. The number of methoxy groups -OCH3 is 3. The van der Waals surface area contributed by atoms with Crippen LogP contribution in [0.1, 0.15) is 0 Å². The molecule has 0 rings (SSSR count). The van der Waals surface area contributed by atoms with E-state index in [0.29, 0.717) is 0 Å². The number of ketones is 1. The molecule has 0 spiro atoms. The van der Waals surface area contributed by atoms with Crippen LogP contribution in [0.4, 0.5) is 0 Å². The van der Waals surface area contributed by atoms with Crippen LogP contribution in [-0.2, 0) is 28.6 Å². The van der Waals surface area contributed by atoms with Gasteiger partial charge in [0, 0.05) is 7.11 Å². The number of hydrogen-bond acceptors (Lipinski definition) is 6. The smallest absolute Gasteiger partial charge is 0.327 e. The number of ether oxygens (including phenoxy) is 3. The standard InChI is InChI=1S/C8H12O6/c1-12-4-5(9)6(7(10)13-2)8(11)14-3/h6H,4H2,1-3H3. The van der Waals surface area contributed by atoms with Crippen LogP contribution in [-0.4, -0.2) is 45.7 Å². The van der Waals surface area contributed by atoms with Crippen LogP contribution in [0.15, 0.2) is 0 Å². The highest BCUT2D eigenvalue weighted by Crippen LogP contribution is 2.04. The Morgan fingerprint density at radius 2 is 1.43 bits per heavy atom. The normalized spacial score (nSPS) is 9.71. The molecule has 0 aliphatic rings. The largest absolute Gasteiger partial charge is 0.468 e. The third-order valence-corrected chi connectivity index (χ3v) is 1.48. The molecule has 0 aliphatic carbocycles. The summed E-state index contributed by atoms with van der Waals surface area (Å²) in [6.07, 6.45) is 0.